The van der Waals surface area contributed by atoms with Crippen LogP contribution in [0.5, 0.6) is 0 Å². The van der Waals surface area contributed by atoms with E-state index < -0.39 is 0 Å². The lowest BCUT2D eigenvalue weighted by molar-refractivity contribution is 0.270. The number of piperazine rings is 1. The number of likely N-dealkylation sites (N-methyl/N-ethyl adjacent to an activating group) is 1. The van der Waals surface area contributed by atoms with E-state index in [0.717, 1.165) is 55.6 Å². The monoisotopic (exact) mass is 286 g/mol. The van der Waals surface area contributed by atoms with Crippen molar-refractivity contribution in [3.63, 3.8) is 0 Å². The van der Waals surface area contributed by atoms with Crippen LogP contribution >= 0.6 is 0 Å². The van der Waals surface area contributed by atoms with E-state index in [0.29, 0.717) is 0 Å². The van der Waals surface area contributed by atoms with E-state index in [1.54, 1.807) is 0 Å². The Labute approximate surface area is 125 Å². The van der Waals surface area contributed by atoms with Gasteiger partial charge in [-0.05, 0) is 19.5 Å². The number of nitrogens with zero attached hydrogens (tertiary/aromatic N) is 6. The molecule has 1 aliphatic heterocycles. The summed E-state index contributed by atoms with van der Waals surface area (Å²) in [5.41, 5.74) is 3.02. The topological polar surface area (TPSA) is 50.1 Å². The minimum Gasteiger partial charge on any atom is -0.338 e. The van der Waals surface area contributed by atoms with Crippen LogP contribution in [0, 0.1) is 6.92 Å². The summed E-state index contributed by atoms with van der Waals surface area (Å²) in [4.78, 5) is 13.9. The Bertz CT molecular complexity index is 612. The highest BCUT2D eigenvalue weighted by Gasteiger charge is 2.18. The van der Waals surface area contributed by atoms with Crippen LogP contribution in [0.4, 0.5) is 5.95 Å². The van der Waals surface area contributed by atoms with Gasteiger partial charge in [-0.15, -0.1) is 0 Å². The van der Waals surface area contributed by atoms with Gasteiger partial charge >= 0.3 is 0 Å². The molecule has 1 aliphatic rings. The Morgan fingerprint density at radius 3 is 2.57 bits per heavy atom. The van der Waals surface area contributed by atoms with Crippen molar-refractivity contribution in [1.82, 2.24) is 24.6 Å². The summed E-state index contributed by atoms with van der Waals surface area (Å²) in [6, 6.07) is 1.95. The van der Waals surface area contributed by atoms with Gasteiger partial charge in [-0.2, -0.15) is 5.10 Å². The minimum atomic E-state index is 0.825. The van der Waals surface area contributed by atoms with E-state index in [1.165, 1.54) is 0 Å². The normalized spacial score (nSPS) is 16.4. The first-order chi connectivity index (χ1) is 10.2. The van der Waals surface area contributed by atoms with Crippen LogP contribution in [-0.4, -0.2) is 57.4 Å². The van der Waals surface area contributed by atoms with E-state index >= 15 is 0 Å². The van der Waals surface area contributed by atoms with Crippen molar-refractivity contribution < 1.29 is 0 Å². The maximum absolute atomic E-state index is 4.73. The van der Waals surface area contributed by atoms with Gasteiger partial charge in [-0.25, -0.2) is 9.97 Å². The van der Waals surface area contributed by atoms with E-state index in [1.807, 2.05) is 37.1 Å². The molecule has 1 saturated heterocycles. The average molecular weight is 286 g/mol. The van der Waals surface area contributed by atoms with Crippen molar-refractivity contribution >= 4 is 5.95 Å². The van der Waals surface area contributed by atoms with Crippen molar-refractivity contribution in [1.29, 1.82) is 0 Å². The quantitative estimate of drug-likeness (QED) is 0.852. The van der Waals surface area contributed by atoms with Gasteiger partial charge in [0.15, 0.2) is 0 Å². The molecule has 0 N–H and O–H groups in total. The van der Waals surface area contributed by atoms with Gasteiger partial charge < -0.3 is 9.80 Å². The molecule has 0 aromatic carbocycles. The molecular weight excluding hydrogens is 264 g/mol. The molecule has 3 rings (SSSR count). The number of aryl methyl sites for hydroxylation is 2. The largest absolute Gasteiger partial charge is 0.338 e. The van der Waals surface area contributed by atoms with E-state index in [4.69, 9.17) is 4.98 Å². The summed E-state index contributed by atoms with van der Waals surface area (Å²) < 4.78 is 1.83. The number of anilines is 1. The lowest BCUT2D eigenvalue weighted by Crippen LogP contribution is -2.46. The zero-order chi connectivity index (χ0) is 14.8. The lowest BCUT2D eigenvalue weighted by atomic mass is 10.2. The summed E-state index contributed by atoms with van der Waals surface area (Å²) in [5, 5.41) is 4.39. The predicted molar refractivity (Wildman–Crippen MR) is 83.3 cm³/mol. The lowest BCUT2D eigenvalue weighted by Gasteiger charge is -2.34. The highest BCUT2D eigenvalue weighted by Crippen LogP contribution is 2.22. The molecule has 1 fully saturated rings. The second-order valence-electron chi connectivity index (χ2n) is 5.47. The van der Waals surface area contributed by atoms with E-state index in [9.17, 15) is 0 Å². The third-order valence-electron chi connectivity index (χ3n) is 4.03. The van der Waals surface area contributed by atoms with Gasteiger partial charge in [0.1, 0.15) is 0 Å². The van der Waals surface area contributed by atoms with Crippen molar-refractivity contribution in [3.8, 4) is 11.3 Å². The van der Waals surface area contributed by atoms with Crippen molar-refractivity contribution in [3.05, 3.63) is 24.2 Å². The molecule has 21 heavy (non-hydrogen) atoms. The molecule has 6 nitrogen and oxygen atoms in total. The van der Waals surface area contributed by atoms with Gasteiger partial charge in [-0.3, -0.25) is 4.68 Å². The first kappa shape index (κ1) is 14.0. The van der Waals surface area contributed by atoms with Gasteiger partial charge in [0.05, 0.1) is 11.4 Å². The summed E-state index contributed by atoms with van der Waals surface area (Å²) in [6.07, 6.45) is 3.85. The Morgan fingerprint density at radius 1 is 1.19 bits per heavy atom. The standard InChI is InChI=1S/C15H22N6/c1-4-20-7-9-21(10-8-20)15-16-6-5-14(17-15)13-11-19(3)18-12(13)2/h5-6,11H,4,7-10H2,1-3H3. The average Bonchev–Trinajstić information content (AvgIpc) is 2.86. The molecular formula is C15H22N6. The van der Waals surface area contributed by atoms with Crippen molar-refractivity contribution in [2.24, 2.45) is 7.05 Å². The molecule has 3 heterocycles. The third-order valence-corrected chi connectivity index (χ3v) is 4.03. The molecule has 0 atom stereocenters. The number of hydrogen-bond donors (Lipinski definition) is 0. The molecule has 0 amide bonds. The summed E-state index contributed by atoms with van der Waals surface area (Å²) >= 11 is 0. The Hall–Kier alpha value is -1.95. The molecule has 2 aromatic rings. The summed E-state index contributed by atoms with van der Waals surface area (Å²) in [7, 11) is 1.93. The zero-order valence-corrected chi connectivity index (χ0v) is 13.0. The smallest absolute Gasteiger partial charge is 0.225 e. The fraction of sp³-hybridized carbons (Fsp3) is 0.533. The molecule has 0 spiro atoms. The maximum Gasteiger partial charge on any atom is 0.225 e. The molecule has 0 saturated carbocycles. The Balaban J connectivity index is 1.82. The molecule has 0 bridgehead atoms. The van der Waals surface area contributed by atoms with Gasteiger partial charge in [-0.1, -0.05) is 6.92 Å². The Morgan fingerprint density at radius 2 is 1.95 bits per heavy atom. The number of rotatable bonds is 3. The van der Waals surface area contributed by atoms with Crippen LogP contribution in [0.3, 0.4) is 0 Å². The molecule has 0 radical (unpaired) electrons. The fourth-order valence-corrected chi connectivity index (χ4v) is 2.77. The fourth-order valence-electron chi connectivity index (χ4n) is 2.77. The van der Waals surface area contributed by atoms with Crippen molar-refractivity contribution in [2.45, 2.75) is 13.8 Å². The van der Waals surface area contributed by atoms with Crippen LogP contribution in [0.2, 0.25) is 0 Å². The third kappa shape index (κ3) is 2.90. The van der Waals surface area contributed by atoms with Gasteiger partial charge in [0.25, 0.3) is 0 Å². The first-order valence-electron chi connectivity index (χ1n) is 7.48. The van der Waals surface area contributed by atoms with Crippen LogP contribution in [0.1, 0.15) is 12.6 Å². The first-order valence-corrected chi connectivity index (χ1v) is 7.48. The van der Waals surface area contributed by atoms with Crippen LogP contribution < -0.4 is 4.90 Å². The van der Waals surface area contributed by atoms with Crippen LogP contribution in [-0.2, 0) is 7.05 Å². The number of aromatic nitrogens is 4. The van der Waals surface area contributed by atoms with E-state index in [-0.39, 0.29) is 0 Å². The minimum absolute atomic E-state index is 0.825. The second-order valence-corrected chi connectivity index (χ2v) is 5.47. The van der Waals surface area contributed by atoms with Crippen LogP contribution in [0.15, 0.2) is 18.5 Å². The highest BCUT2D eigenvalue weighted by atomic mass is 15.3. The number of hydrogen-bond acceptors (Lipinski definition) is 5. The second kappa shape index (κ2) is 5.81. The molecule has 112 valence electrons. The summed E-state index contributed by atoms with van der Waals surface area (Å²) in [5.74, 6) is 0.825. The van der Waals surface area contributed by atoms with Crippen molar-refractivity contribution in [2.75, 3.05) is 37.6 Å². The molecule has 6 heteroatoms. The SMILES string of the molecule is CCN1CCN(c2nccc(-c3cn(C)nc3C)n2)CC1. The molecule has 0 aliphatic carbocycles. The maximum atomic E-state index is 4.73. The predicted octanol–water partition coefficient (Wildman–Crippen LogP) is 1.33. The highest BCUT2D eigenvalue weighted by molar-refractivity contribution is 5.61. The van der Waals surface area contributed by atoms with E-state index in [2.05, 4.69) is 26.8 Å². The summed E-state index contributed by atoms with van der Waals surface area (Å²) in [6.45, 7) is 9.47. The molecule has 2 aromatic heterocycles. The Kier molecular flexibility index (Phi) is 3.88. The van der Waals surface area contributed by atoms with Crippen LogP contribution in [0.25, 0.3) is 11.3 Å². The molecule has 0 unspecified atom stereocenters. The zero-order valence-electron chi connectivity index (χ0n) is 13.0. The van der Waals surface area contributed by atoms with Gasteiger partial charge in [0.2, 0.25) is 5.95 Å². The van der Waals surface area contributed by atoms with Gasteiger partial charge in [0, 0.05) is 51.2 Å².